The Bertz CT molecular complexity index is 236. The highest BCUT2D eigenvalue weighted by atomic mass is 16.7. The summed E-state index contributed by atoms with van der Waals surface area (Å²) in [5.74, 6) is 0. The van der Waals surface area contributed by atoms with Gasteiger partial charge >= 0.3 is 0 Å². The van der Waals surface area contributed by atoms with E-state index in [1.165, 1.54) is 5.57 Å². The molecule has 1 aliphatic rings. The molecule has 3 nitrogen and oxygen atoms in total. The molecule has 0 spiro atoms. The van der Waals surface area contributed by atoms with E-state index in [1.807, 2.05) is 44.4 Å². The molecule has 0 heterocycles. The van der Waals surface area contributed by atoms with Crippen molar-refractivity contribution in [2.75, 3.05) is 19.8 Å². The van der Waals surface area contributed by atoms with Gasteiger partial charge in [-0.15, -0.1) is 0 Å². The van der Waals surface area contributed by atoms with Gasteiger partial charge in [-0.1, -0.05) is 24.3 Å². The molecule has 0 saturated heterocycles. The Balaban J connectivity index is 2.23. The average molecular weight is 209 g/mol. The second-order valence-electron chi connectivity index (χ2n) is 3.11. The number of hydrogen-bond donors (Lipinski definition) is 1. The molecule has 0 bridgehead atoms. The Hall–Kier alpha value is -1.06. The highest BCUT2D eigenvalue weighted by molar-refractivity contribution is 5.39. The topological polar surface area (TPSA) is 30.5 Å². The zero-order valence-corrected chi connectivity index (χ0v) is 9.40. The molecule has 1 N–H and O–H groups in total. The van der Waals surface area contributed by atoms with Gasteiger partial charge in [0.2, 0.25) is 0 Å². The van der Waals surface area contributed by atoms with E-state index in [1.54, 1.807) is 0 Å². The van der Waals surface area contributed by atoms with Crippen LogP contribution in [-0.2, 0) is 9.47 Å². The number of ether oxygens (including phenoxy) is 2. The quantitative estimate of drug-likeness (QED) is 0.650. The third-order valence-electron chi connectivity index (χ3n) is 1.95. The van der Waals surface area contributed by atoms with Crippen molar-refractivity contribution in [2.24, 2.45) is 0 Å². The molecular weight excluding hydrogens is 190 g/mol. The van der Waals surface area contributed by atoms with Gasteiger partial charge in [-0.3, -0.25) is 0 Å². The summed E-state index contributed by atoms with van der Waals surface area (Å²) in [5.41, 5.74) is 1.17. The van der Waals surface area contributed by atoms with E-state index < -0.39 is 0 Å². The van der Waals surface area contributed by atoms with E-state index in [2.05, 4.69) is 5.32 Å². The monoisotopic (exact) mass is 209 g/mol. The van der Waals surface area contributed by atoms with E-state index >= 15 is 0 Å². The van der Waals surface area contributed by atoms with Crippen molar-refractivity contribution in [1.29, 1.82) is 0 Å². The molecule has 0 aliphatic heterocycles. The Morgan fingerprint density at radius 1 is 1.20 bits per heavy atom. The molecule has 0 radical (unpaired) electrons. The standard InChI is InChI=1S/C12H19NO2/c1-3-14-12(15-4-2)10-13-9-11-7-5-6-8-11/h5-9,12-13H,3-4,10H2,1-2H3. The molecule has 0 aromatic rings. The Morgan fingerprint density at radius 3 is 2.33 bits per heavy atom. The van der Waals surface area contributed by atoms with Crippen molar-refractivity contribution in [1.82, 2.24) is 5.32 Å². The maximum absolute atomic E-state index is 5.40. The summed E-state index contributed by atoms with van der Waals surface area (Å²) < 4.78 is 10.8. The van der Waals surface area contributed by atoms with Gasteiger partial charge in [0.1, 0.15) is 0 Å². The van der Waals surface area contributed by atoms with E-state index in [9.17, 15) is 0 Å². The Labute approximate surface area is 91.5 Å². The molecule has 0 atom stereocenters. The molecule has 0 fully saturated rings. The first kappa shape index (κ1) is 12.0. The Morgan fingerprint density at radius 2 is 1.80 bits per heavy atom. The summed E-state index contributed by atoms with van der Waals surface area (Å²) in [6.45, 7) is 5.94. The minimum absolute atomic E-state index is 0.161. The lowest BCUT2D eigenvalue weighted by Crippen LogP contribution is -2.29. The maximum Gasteiger partial charge on any atom is 0.174 e. The van der Waals surface area contributed by atoms with Gasteiger partial charge in [0, 0.05) is 19.4 Å². The van der Waals surface area contributed by atoms with Gasteiger partial charge in [0.15, 0.2) is 6.29 Å². The van der Waals surface area contributed by atoms with Crippen LogP contribution in [0.4, 0.5) is 0 Å². The molecule has 15 heavy (non-hydrogen) atoms. The van der Waals surface area contributed by atoms with Crippen molar-refractivity contribution in [3.63, 3.8) is 0 Å². The van der Waals surface area contributed by atoms with Gasteiger partial charge in [0.25, 0.3) is 0 Å². The zero-order valence-electron chi connectivity index (χ0n) is 9.40. The summed E-state index contributed by atoms with van der Waals surface area (Å²) in [7, 11) is 0. The second kappa shape index (κ2) is 7.26. The second-order valence-corrected chi connectivity index (χ2v) is 3.11. The fraction of sp³-hybridized carbons (Fsp3) is 0.500. The Kier molecular flexibility index (Phi) is 5.81. The molecule has 84 valence electrons. The van der Waals surface area contributed by atoms with Crippen molar-refractivity contribution >= 4 is 0 Å². The van der Waals surface area contributed by atoms with Crippen molar-refractivity contribution < 1.29 is 9.47 Å². The molecule has 1 rings (SSSR count). The van der Waals surface area contributed by atoms with Crippen LogP contribution in [0.5, 0.6) is 0 Å². The fourth-order valence-electron chi connectivity index (χ4n) is 1.30. The van der Waals surface area contributed by atoms with Crippen LogP contribution in [0.1, 0.15) is 13.8 Å². The number of rotatable bonds is 7. The first-order valence-electron chi connectivity index (χ1n) is 5.38. The van der Waals surface area contributed by atoms with Crippen LogP contribution < -0.4 is 5.32 Å². The van der Waals surface area contributed by atoms with Crippen LogP contribution in [-0.4, -0.2) is 26.0 Å². The molecular formula is C12H19NO2. The van der Waals surface area contributed by atoms with Crippen molar-refractivity contribution in [3.05, 3.63) is 36.1 Å². The number of nitrogens with one attached hydrogen (secondary N) is 1. The van der Waals surface area contributed by atoms with Crippen LogP contribution in [0.2, 0.25) is 0 Å². The summed E-state index contributed by atoms with van der Waals surface area (Å²) in [4.78, 5) is 0. The number of hydrogen-bond acceptors (Lipinski definition) is 3. The van der Waals surface area contributed by atoms with Crippen LogP contribution in [0.3, 0.4) is 0 Å². The smallest absolute Gasteiger partial charge is 0.174 e. The predicted molar refractivity (Wildman–Crippen MR) is 61.4 cm³/mol. The third-order valence-corrected chi connectivity index (χ3v) is 1.95. The summed E-state index contributed by atoms with van der Waals surface area (Å²) in [6, 6.07) is 0. The minimum Gasteiger partial charge on any atom is -0.385 e. The van der Waals surface area contributed by atoms with E-state index in [0.29, 0.717) is 19.8 Å². The van der Waals surface area contributed by atoms with Crippen molar-refractivity contribution in [3.8, 4) is 0 Å². The summed E-state index contributed by atoms with van der Waals surface area (Å²) >= 11 is 0. The van der Waals surface area contributed by atoms with Gasteiger partial charge < -0.3 is 14.8 Å². The molecule has 0 aromatic heterocycles. The first-order chi connectivity index (χ1) is 7.36. The number of allylic oxidation sites excluding steroid dienone is 5. The van der Waals surface area contributed by atoms with Gasteiger partial charge in [-0.25, -0.2) is 0 Å². The summed E-state index contributed by atoms with van der Waals surface area (Å²) in [5, 5.41) is 3.18. The normalized spacial score (nSPS) is 13.9. The van der Waals surface area contributed by atoms with Crippen LogP contribution >= 0.6 is 0 Å². The van der Waals surface area contributed by atoms with E-state index in [4.69, 9.17) is 9.47 Å². The largest absolute Gasteiger partial charge is 0.385 e. The van der Waals surface area contributed by atoms with Gasteiger partial charge in [0.05, 0.1) is 6.54 Å². The zero-order chi connectivity index (χ0) is 10.9. The predicted octanol–water partition coefficient (Wildman–Crippen LogP) is 1.99. The van der Waals surface area contributed by atoms with Crippen molar-refractivity contribution in [2.45, 2.75) is 20.1 Å². The molecule has 0 saturated carbocycles. The highest BCUT2D eigenvalue weighted by Crippen LogP contribution is 2.05. The molecule has 0 aromatic carbocycles. The van der Waals surface area contributed by atoms with Crippen LogP contribution in [0, 0.1) is 0 Å². The van der Waals surface area contributed by atoms with Gasteiger partial charge in [-0.05, 0) is 19.4 Å². The third kappa shape index (κ3) is 4.81. The summed E-state index contributed by atoms with van der Waals surface area (Å²) in [6.07, 6.45) is 9.91. The molecule has 3 heteroatoms. The average Bonchev–Trinajstić information content (AvgIpc) is 2.71. The first-order valence-corrected chi connectivity index (χ1v) is 5.38. The van der Waals surface area contributed by atoms with Crippen LogP contribution in [0.15, 0.2) is 36.1 Å². The van der Waals surface area contributed by atoms with Gasteiger partial charge in [-0.2, -0.15) is 0 Å². The minimum atomic E-state index is -0.161. The molecule has 0 amide bonds. The fourth-order valence-corrected chi connectivity index (χ4v) is 1.30. The van der Waals surface area contributed by atoms with Crippen LogP contribution in [0.25, 0.3) is 0 Å². The lowest BCUT2D eigenvalue weighted by atomic mass is 10.3. The van der Waals surface area contributed by atoms with E-state index in [-0.39, 0.29) is 6.29 Å². The lowest BCUT2D eigenvalue weighted by molar-refractivity contribution is -0.131. The maximum atomic E-state index is 5.40. The highest BCUT2D eigenvalue weighted by Gasteiger charge is 2.05. The molecule has 0 unspecified atom stereocenters. The lowest BCUT2D eigenvalue weighted by Gasteiger charge is -2.16. The van der Waals surface area contributed by atoms with E-state index in [0.717, 1.165) is 0 Å². The SMILES string of the molecule is CCOC(CNC=C1C=CC=C1)OCC. The molecule has 1 aliphatic carbocycles.